The van der Waals surface area contributed by atoms with Crippen LogP contribution in [0.4, 0.5) is 11.4 Å². The maximum atomic E-state index is 6.40. The third kappa shape index (κ3) is 2.65. The van der Waals surface area contributed by atoms with Crippen molar-refractivity contribution < 1.29 is 0 Å². The summed E-state index contributed by atoms with van der Waals surface area (Å²) in [5.41, 5.74) is 17.1. The van der Waals surface area contributed by atoms with Gasteiger partial charge in [-0.1, -0.05) is 44.6 Å². The first-order valence-electron chi connectivity index (χ1n) is 8.45. The Morgan fingerprint density at radius 2 is 1.25 bits per heavy atom. The van der Waals surface area contributed by atoms with Gasteiger partial charge >= 0.3 is 0 Å². The van der Waals surface area contributed by atoms with Gasteiger partial charge < -0.3 is 11.5 Å². The molecule has 3 rings (SSSR count). The largest absolute Gasteiger partial charge is 0.397 e. The second-order valence-corrected chi connectivity index (χ2v) is 6.74. The van der Waals surface area contributed by atoms with Gasteiger partial charge in [-0.05, 0) is 54.7 Å². The lowest BCUT2D eigenvalue weighted by molar-refractivity contribution is 0.419. The molecule has 0 unspecified atom stereocenters. The van der Waals surface area contributed by atoms with E-state index in [4.69, 9.17) is 11.5 Å². The van der Waals surface area contributed by atoms with Crippen LogP contribution >= 0.6 is 0 Å². The SMILES string of the molecule is Nc1ccc(C2CCCCC2)c(C2CCCCC2)c1N. The summed E-state index contributed by atoms with van der Waals surface area (Å²) in [6.07, 6.45) is 13.5. The summed E-state index contributed by atoms with van der Waals surface area (Å²) in [6.45, 7) is 0. The number of nitrogens with two attached hydrogens (primary N) is 2. The normalized spacial score (nSPS) is 22.0. The summed E-state index contributed by atoms with van der Waals surface area (Å²) in [4.78, 5) is 0. The first kappa shape index (κ1) is 13.8. The molecule has 0 spiro atoms. The highest BCUT2D eigenvalue weighted by atomic mass is 14.7. The molecule has 4 N–H and O–H groups in total. The number of anilines is 2. The van der Waals surface area contributed by atoms with E-state index in [1.165, 1.54) is 75.3 Å². The summed E-state index contributed by atoms with van der Waals surface area (Å²) in [5, 5.41) is 0. The number of hydrogen-bond acceptors (Lipinski definition) is 2. The molecule has 0 amide bonds. The predicted molar refractivity (Wildman–Crippen MR) is 86.9 cm³/mol. The van der Waals surface area contributed by atoms with Crippen LogP contribution in [0.3, 0.4) is 0 Å². The maximum absolute atomic E-state index is 6.40. The van der Waals surface area contributed by atoms with E-state index in [2.05, 4.69) is 6.07 Å². The van der Waals surface area contributed by atoms with Crippen molar-refractivity contribution in [1.82, 2.24) is 0 Å². The van der Waals surface area contributed by atoms with Crippen LogP contribution in [0.15, 0.2) is 12.1 Å². The van der Waals surface area contributed by atoms with E-state index in [0.717, 1.165) is 17.3 Å². The van der Waals surface area contributed by atoms with Crippen LogP contribution in [-0.4, -0.2) is 0 Å². The zero-order chi connectivity index (χ0) is 13.9. The number of nitrogen functional groups attached to an aromatic ring is 2. The summed E-state index contributed by atoms with van der Waals surface area (Å²) < 4.78 is 0. The quantitative estimate of drug-likeness (QED) is 0.749. The van der Waals surface area contributed by atoms with Gasteiger partial charge in [0.1, 0.15) is 0 Å². The molecule has 2 aliphatic carbocycles. The van der Waals surface area contributed by atoms with E-state index in [9.17, 15) is 0 Å². The van der Waals surface area contributed by atoms with Crippen LogP contribution in [0, 0.1) is 0 Å². The highest BCUT2D eigenvalue weighted by Crippen LogP contribution is 2.44. The fourth-order valence-corrected chi connectivity index (χ4v) is 4.29. The minimum Gasteiger partial charge on any atom is -0.397 e. The maximum Gasteiger partial charge on any atom is 0.0586 e. The highest BCUT2D eigenvalue weighted by molar-refractivity contribution is 5.70. The Kier molecular flexibility index (Phi) is 4.18. The van der Waals surface area contributed by atoms with E-state index in [1.54, 1.807) is 0 Å². The fourth-order valence-electron chi connectivity index (χ4n) is 4.29. The molecule has 0 atom stereocenters. The van der Waals surface area contributed by atoms with Crippen LogP contribution in [0.5, 0.6) is 0 Å². The van der Waals surface area contributed by atoms with Crippen molar-refractivity contribution in [3.8, 4) is 0 Å². The van der Waals surface area contributed by atoms with Gasteiger partial charge in [-0.3, -0.25) is 0 Å². The Hall–Kier alpha value is -1.18. The third-order valence-corrected chi connectivity index (χ3v) is 5.41. The Bertz CT molecular complexity index is 455. The number of benzene rings is 1. The molecule has 2 aliphatic rings. The first-order valence-corrected chi connectivity index (χ1v) is 8.45. The Balaban J connectivity index is 1.97. The molecule has 1 aromatic carbocycles. The fraction of sp³-hybridized carbons (Fsp3) is 0.667. The van der Waals surface area contributed by atoms with Gasteiger partial charge in [0.05, 0.1) is 11.4 Å². The first-order chi connectivity index (χ1) is 9.77. The molecule has 2 saturated carbocycles. The lowest BCUT2D eigenvalue weighted by Gasteiger charge is -2.31. The summed E-state index contributed by atoms with van der Waals surface area (Å²) in [6, 6.07) is 4.32. The Morgan fingerprint density at radius 1 is 0.700 bits per heavy atom. The van der Waals surface area contributed by atoms with Crippen molar-refractivity contribution >= 4 is 11.4 Å². The van der Waals surface area contributed by atoms with Gasteiger partial charge in [0, 0.05) is 0 Å². The average molecular weight is 272 g/mol. The van der Waals surface area contributed by atoms with Gasteiger partial charge in [-0.15, -0.1) is 0 Å². The lowest BCUT2D eigenvalue weighted by Crippen LogP contribution is -2.15. The minimum absolute atomic E-state index is 0.657. The average Bonchev–Trinajstić information content (AvgIpc) is 2.51. The minimum atomic E-state index is 0.657. The molecule has 110 valence electrons. The second-order valence-electron chi connectivity index (χ2n) is 6.74. The summed E-state index contributed by atoms with van der Waals surface area (Å²) in [5.74, 6) is 1.38. The molecule has 0 saturated heterocycles. The van der Waals surface area contributed by atoms with Gasteiger partial charge in [-0.25, -0.2) is 0 Å². The zero-order valence-corrected chi connectivity index (χ0v) is 12.5. The summed E-state index contributed by atoms with van der Waals surface area (Å²) >= 11 is 0. The molecule has 2 fully saturated rings. The van der Waals surface area contributed by atoms with E-state index in [0.29, 0.717) is 5.92 Å². The molecule has 2 nitrogen and oxygen atoms in total. The van der Waals surface area contributed by atoms with Gasteiger partial charge in [0.2, 0.25) is 0 Å². The number of hydrogen-bond donors (Lipinski definition) is 2. The molecular formula is C18H28N2. The smallest absolute Gasteiger partial charge is 0.0586 e. The van der Waals surface area contributed by atoms with Crippen LogP contribution in [0.25, 0.3) is 0 Å². The summed E-state index contributed by atoms with van der Waals surface area (Å²) in [7, 11) is 0. The molecule has 0 radical (unpaired) electrons. The van der Waals surface area contributed by atoms with Crippen LogP contribution < -0.4 is 11.5 Å². The van der Waals surface area contributed by atoms with Crippen molar-refractivity contribution in [2.45, 2.75) is 76.0 Å². The molecule has 20 heavy (non-hydrogen) atoms. The zero-order valence-electron chi connectivity index (χ0n) is 12.5. The second kappa shape index (κ2) is 6.07. The van der Waals surface area contributed by atoms with Crippen molar-refractivity contribution in [3.63, 3.8) is 0 Å². The van der Waals surface area contributed by atoms with Crippen molar-refractivity contribution in [3.05, 3.63) is 23.3 Å². The Morgan fingerprint density at radius 3 is 1.85 bits per heavy atom. The molecule has 0 heterocycles. The topological polar surface area (TPSA) is 52.0 Å². The molecular weight excluding hydrogens is 244 g/mol. The molecule has 0 aromatic heterocycles. The number of rotatable bonds is 2. The van der Waals surface area contributed by atoms with Crippen molar-refractivity contribution in [2.75, 3.05) is 11.5 Å². The van der Waals surface area contributed by atoms with Crippen molar-refractivity contribution in [2.24, 2.45) is 0 Å². The van der Waals surface area contributed by atoms with Gasteiger partial charge in [0.15, 0.2) is 0 Å². The van der Waals surface area contributed by atoms with E-state index >= 15 is 0 Å². The van der Waals surface area contributed by atoms with Gasteiger partial charge in [-0.2, -0.15) is 0 Å². The lowest BCUT2D eigenvalue weighted by atomic mass is 9.75. The van der Waals surface area contributed by atoms with Crippen LogP contribution in [0.1, 0.15) is 87.2 Å². The van der Waals surface area contributed by atoms with Gasteiger partial charge in [0.25, 0.3) is 0 Å². The molecule has 2 heteroatoms. The Labute approximate surface area is 122 Å². The van der Waals surface area contributed by atoms with E-state index in [1.807, 2.05) is 6.07 Å². The molecule has 0 bridgehead atoms. The third-order valence-electron chi connectivity index (χ3n) is 5.41. The highest BCUT2D eigenvalue weighted by Gasteiger charge is 2.26. The molecule has 1 aromatic rings. The standard InChI is InChI=1S/C18H28N2/c19-16-12-11-15(13-7-3-1-4-8-13)17(18(16)20)14-9-5-2-6-10-14/h11-14H,1-10,19-20H2. The predicted octanol–water partition coefficient (Wildman–Crippen LogP) is 4.95. The molecule has 0 aliphatic heterocycles. The van der Waals surface area contributed by atoms with Crippen LogP contribution in [0.2, 0.25) is 0 Å². The van der Waals surface area contributed by atoms with E-state index < -0.39 is 0 Å². The van der Waals surface area contributed by atoms with Crippen molar-refractivity contribution in [1.29, 1.82) is 0 Å². The van der Waals surface area contributed by atoms with Crippen LogP contribution in [-0.2, 0) is 0 Å². The van der Waals surface area contributed by atoms with E-state index in [-0.39, 0.29) is 0 Å². The monoisotopic (exact) mass is 272 g/mol.